The Hall–Kier alpha value is -0.627. The first-order chi connectivity index (χ1) is 19.4. The average molecular weight is 784 g/mol. The third kappa shape index (κ3) is 6.00. The molecular weight excluding hydrogens is 731 g/mol. The van der Waals surface area contributed by atoms with Crippen molar-refractivity contribution in [2.24, 2.45) is 27.6 Å². The van der Waals surface area contributed by atoms with Gasteiger partial charge >= 0.3 is 59.5 Å². The molecule has 0 heterocycles. The van der Waals surface area contributed by atoms with E-state index in [0.29, 0.717) is 5.92 Å². The molecule has 3 heteroatoms. The van der Waals surface area contributed by atoms with Crippen LogP contribution in [0.5, 0.6) is 0 Å². The Morgan fingerprint density at radius 3 is 2.02 bits per heavy atom. The summed E-state index contributed by atoms with van der Waals surface area (Å²) in [6.45, 7) is 20.3. The van der Waals surface area contributed by atoms with Crippen LogP contribution in [0.25, 0.3) is 5.57 Å². The van der Waals surface area contributed by atoms with Gasteiger partial charge in [-0.05, 0) is 40.6 Å². The zero-order valence-electron chi connectivity index (χ0n) is 27.8. The van der Waals surface area contributed by atoms with E-state index in [0.717, 1.165) is 6.42 Å². The summed E-state index contributed by atoms with van der Waals surface area (Å²) in [5.74, 6) is 2.24. The van der Waals surface area contributed by atoms with Gasteiger partial charge in [-0.25, -0.2) is 18.1 Å². The molecule has 232 valence electrons. The Morgan fingerprint density at radius 2 is 1.47 bits per heavy atom. The van der Waals surface area contributed by atoms with E-state index in [4.69, 9.17) is 0 Å². The predicted octanol–water partition coefficient (Wildman–Crippen LogP) is 5.05. The van der Waals surface area contributed by atoms with Crippen molar-refractivity contribution in [3.63, 3.8) is 0 Å². The Labute approximate surface area is 299 Å². The maximum atomic E-state index is 2.62. The fourth-order valence-electron chi connectivity index (χ4n) is 8.87. The van der Waals surface area contributed by atoms with Gasteiger partial charge in [0.05, 0.1) is 0 Å². The van der Waals surface area contributed by atoms with Crippen LogP contribution in [0, 0.1) is 33.5 Å². The van der Waals surface area contributed by atoms with Crippen LogP contribution >= 0.6 is 0 Å². The number of hydrogen-bond donors (Lipinski definition) is 0. The third-order valence-corrected chi connectivity index (χ3v) is 14.0. The molecule has 7 rings (SSSR count). The van der Waals surface area contributed by atoms with E-state index in [-0.39, 0.29) is 55.6 Å². The van der Waals surface area contributed by atoms with Gasteiger partial charge in [0.2, 0.25) is 0 Å². The Balaban J connectivity index is 0.000000302. The number of hydrogen-bond acceptors (Lipinski definition) is 0. The van der Waals surface area contributed by atoms with Crippen molar-refractivity contribution >= 4 is 8.78 Å². The van der Waals surface area contributed by atoms with Gasteiger partial charge in [-0.2, -0.15) is 29.3 Å². The number of halogens is 2. The molecule has 0 aliphatic heterocycles. The van der Waals surface area contributed by atoms with Gasteiger partial charge < -0.3 is 34.0 Å². The summed E-state index contributed by atoms with van der Waals surface area (Å²) in [5.41, 5.74) is 10.3. The summed E-state index contributed by atoms with van der Waals surface area (Å²) in [5, 5.41) is 0. The van der Waals surface area contributed by atoms with E-state index in [1.165, 1.54) is 56.1 Å². The molecule has 2 aromatic carbocycles. The van der Waals surface area contributed by atoms with Gasteiger partial charge in [0.1, 0.15) is 0 Å². The van der Waals surface area contributed by atoms with Crippen LogP contribution in [0.4, 0.5) is 0 Å². The maximum absolute atomic E-state index is 2.62. The molecule has 0 nitrogen and oxygen atoms in total. The summed E-state index contributed by atoms with van der Waals surface area (Å²) in [7, 11) is 0. The first kappa shape index (κ1) is 36.8. The van der Waals surface area contributed by atoms with Crippen molar-refractivity contribution in [1.82, 2.24) is 0 Å². The van der Waals surface area contributed by atoms with Gasteiger partial charge in [0, 0.05) is 0 Å². The Kier molecular flexibility index (Phi) is 12.0. The fraction of sp³-hybridized carbons (Fsp3) is 0.525. The molecule has 0 bridgehead atoms. The second-order valence-electron chi connectivity index (χ2n) is 14.9. The maximum Gasteiger partial charge on any atom is -0.172 e. The SMILES string of the molecule is C[C-]1C2=C3Cc4ccccc4C3=C3C=CCCC3C2(C)C(C)(C)C(C)(C)C1(C)C.[Br-].[Br-].[Zr+2]=[C]1CCCCC1.c1cc[cH-]c1. The van der Waals surface area contributed by atoms with Crippen LogP contribution in [0.3, 0.4) is 0 Å². The largest absolute Gasteiger partial charge is 0.214 e. The van der Waals surface area contributed by atoms with Crippen molar-refractivity contribution in [3.8, 4) is 0 Å². The molecule has 2 atom stereocenters. The summed E-state index contributed by atoms with van der Waals surface area (Å²) in [6, 6.07) is 19.2. The molecular formula is C40H52Br2Zr-2. The first-order valence-corrected chi connectivity index (χ1v) is 17.4. The molecule has 2 aromatic rings. The smallest absolute Gasteiger partial charge is 0.172 e. The summed E-state index contributed by atoms with van der Waals surface area (Å²) in [4.78, 5) is 0. The van der Waals surface area contributed by atoms with Gasteiger partial charge in [-0.3, -0.25) is 0 Å². The molecule has 43 heavy (non-hydrogen) atoms. The van der Waals surface area contributed by atoms with E-state index in [1.54, 1.807) is 55.7 Å². The molecule has 0 aromatic heterocycles. The monoisotopic (exact) mass is 780 g/mol. The quantitative estimate of drug-likeness (QED) is 0.329. The number of fused-ring (bicyclic) bond motifs is 6. The topological polar surface area (TPSA) is 0 Å². The van der Waals surface area contributed by atoms with Gasteiger partial charge in [0.25, 0.3) is 0 Å². The van der Waals surface area contributed by atoms with Crippen molar-refractivity contribution in [3.05, 3.63) is 101 Å². The van der Waals surface area contributed by atoms with E-state index in [1.807, 2.05) is 30.3 Å². The molecule has 0 radical (unpaired) electrons. The summed E-state index contributed by atoms with van der Waals surface area (Å²) < 4.78 is 1.80. The number of benzene rings is 1. The number of allylic oxidation sites excluding steroid dienone is 6. The van der Waals surface area contributed by atoms with E-state index in [9.17, 15) is 0 Å². The molecule has 5 aliphatic rings. The molecule has 0 spiro atoms. The second-order valence-corrected chi connectivity index (χ2v) is 16.6. The zero-order valence-corrected chi connectivity index (χ0v) is 33.5. The fourth-order valence-corrected chi connectivity index (χ4v) is 9.74. The van der Waals surface area contributed by atoms with Crippen LogP contribution in [0.2, 0.25) is 0 Å². The standard InChI is InChI=1S/C29H37.C6H10.C5H5.2BrH.Zr/c1-18-25-22-17-19-13-9-10-14-20(19)24(22)21-15-11-12-16-23(21)29(25,8)28(6,7)27(4,5)26(18,2)3;1-2-4-6-5-3-1;1-2-4-5-3-1;;;/h9-11,13-15,23H,12,16-17H2,1-8H3;1-5H2;1-5H;2*1H;/q-1;;-1;;;+2/p-2. The molecule has 0 N–H and O–H groups in total. The Morgan fingerprint density at radius 1 is 0.837 bits per heavy atom. The first-order valence-electron chi connectivity index (χ1n) is 16.2. The zero-order chi connectivity index (χ0) is 29.6. The van der Waals surface area contributed by atoms with Crippen molar-refractivity contribution in [1.29, 1.82) is 0 Å². The van der Waals surface area contributed by atoms with Crippen molar-refractivity contribution < 1.29 is 58.2 Å². The van der Waals surface area contributed by atoms with Gasteiger partial charge in [0.15, 0.2) is 0 Å². The molecule has 2 saturated carbocycles. The second kappa shape index (κ2) is 14.0. The van der Waals surface area contributed by atoms with Gasteiger partial charge in [-0.1, -0.05) is 113 Å². The molecule has 0 amide bonds. The minimum absolute atomic E-state index is 0. The van der Waals surface area contributed by atoms with E-state index in [2.05, 4.69) is 91.8 Å². The normalized spacial score (nSPS) is 27.1. The van der Waals surface area contributed by atoms with Crippen LogP contribution in [-0.4, -0.2) is 3.21 Å². The minimum Gasteiger partial charge on any atom is -0.214 e. The number of rotatable bonds is 0. The van der Waals surface area contributed by atoms with Crippen molar-refractivity contribution in [2.45, 2.75) is 107 Å². The van der Waals surface area contributed by atoms with E-state index >= 15 is 0 Å². The van der Waals surface area contributed by atoms with E-state index < -0.39 is 0 Å². The van der Waals surface area contributed by atoms with Crippen molar-refractivity contribution in [2.75, 3.05) is 0 Å². The van der Waals surface area contributed by atoms with Crippen LogP contribution in [-0.2, 0) is 30.7 Å². The van der Waals surface area contributed by atoms with Crippen LogP contribution in [0.1, 0.15) is 111 Å². The molecule has 2 fully saturated rings. The van der Waals surface area contributed by atoms with Crippen LogP contribution < -0.4 is 34.0 Å². The third-order valence-electron chi connectivity index (χ3n) is 12.8. The summed E-state index contributed by atoms with van der Waals surface area (Å²) in [6.07, 6.45) is 15.8. The van der Waals surface area contributed by atoms with Crippen LogP contribution in [0.15, 0.2) is 83.5 Å². The molecule has 2 unspecified atom stereocenters. The summed E-state index contributed by atoms with van der Waals surface area (Å²) >= 11 is 1.69. The minimum atomic E-state index is 0. The Bertz CT molecular complexity index is 1340. The predicted molar refractivity (Wildman–Crippen MR) is 174 cm³/mol. The average Bonchev–Trinajstić information content (AvgIpc) is 3.65. The molecule has 5 aliphatic carbocycles. The molecule has 0 saturated heterocycles. The van der Waals surface area contributed by atoms with Gasteiger partial charge in [-0.15, -0.1) is 6.92 Å².